The largest absolute Gasteiger partial charge is 0.473 e. The number of aliphatic carboxylic acids is 2. The zero-order chi connectivity index (χ0) is 23.1. The van der Waals surface area contributed by atoms with Gasteiger partial charge < -0.3 is 20.1 Å². The maximum atomic E-state index is 13.7. The molecule has 0 saturated carbocycles. The molecule has 0 aliphatic heterocycles. The van der Waals surface area contributed by atoms with Gasteiger partial charge in [0.1, 0.15) is 11.6 Å². The SMILES string of the molecule is Cn1c(-c2cccc([N+](=O)[O-])c2)cnc1NCc1ccc(F)cc1F.O=C(O)C(=O)O. The van der Waals surface area contributed by atoms with Crippen LogP contribution in [0.1, 0.15) is 5.56 Å². The highest BCUT2D eigenvalue weighted by molar-refractivity contribution is 6.27. The van der Waals surface area contributed by atoms with Crippen molar-refractivity contribution in [3.8, 4) is 11.3 Å². The Morgan fingerprint density at radius 2 is 1.84 bits per heavy atom. The van der Waals surface area contributed by atoms with Crippen molar-refractivity contribution in [1.82, 2.24) is 9.55 Å². The van der Waals surface area contributed by atoms with E-state index in [9.17, 15) is 18.9 Å². The highest BCUT2D eigenvalue weighted by Crippen LogP contribution is 2.25. The van der Waals surface area contributed by atoms with E-state index in [0.717, 1.165) is 6.07 Å². The number of hydrogen-bond acceptors (Lipinski definition) is 6. The maximum absolute atomic E-state index is 13.7. The van der Waals surface area contributed by atoms with Gasteiger partial charge in [-0.2, -0.15) is 0 Å². The Kier molecular flexibility index (Phi) is 7.33. The van der Waals surface area contributed by atoms with Gasteiger partial charge in [0, 0.05) is 42.9 Å². The van der Waals surface area contributed by atoms with Crippen molar-refractivity contribution >= 4 is 23.6 Å². The number of rotatable bonds is 5. The number of hydrogen-bond donors (Lipinski definition) is 3. The van der Waals surface area contributed by atoms with Crippen LogP contribution in [0.2, 0.25) is 0 Å². The van der Waals surface area contributed by atoms with Crippen LogP contribution in [0.5, 0.6) is 0 Å². The molecule has 3 N–H and O–H groups in total. The first kappa shape index (κ1) is 22.9. The standard InChI is InChI=1S/C17H14F2N4O2.C2H2O4/c1-22-16(11-3-2-4-14(7-11)23(24)25)10-21-17(22)20-9-12-5-6-13(18)8-15(12)19;3-1(4)2(5)6/h2-8,10H,9H2,1H3,(H,20,21);(H,3,4)(H,5,6). The normalized spacial score (nSPS) is 10.0. The van der Waals surface area contributed by atoms with Gasteiger partial charge in [0.15, 0.2) is 0 Å². The Hall–Kier alpha value is -4.35. The van der Waals surface area contributed by atoms with Crippen molar-refractivity contribution in [3.05, 3.63) is 76.0 Å². The van der Waals surface area contributed by atoms with Crippen LogP contribution in [0.15, 0.2) is 48.7 Å². The number of non-ortho nitro benzene ring substituents is 1. The molecule has 0 aliphatic rings. The Balaban J connectivity index is 0.000000501. The number of carboxylic acids is 2. The van der Waals surface area contributed by atoms with E-state index in [-0.39, 0.29) is 12.2 Å². The number of halogens is 2. The van der Waals surface area contributed by atoms with Gasteiger partial charge in [0.2, 0.25) is 5.95 Å². The molecule has 1 aromatic heterocycles. The summed E-state index contributed by atoms with van der Waals surface area (Å²) in [6.45, 7) is 0.130. The third kappa shape index (κ3) is 6.06. The fourth-order valence-corrected chi connectivity index (χ4v) is 2.46. The molecule has 0 saturated heterocycles. The van der Waals surface area contributed by atoms with Gasteiger partial charge >= 0.3 is 11.9 Å². The number of anilines is 1. The minimum Gasteiger partial charge on any atom is -0.473 e. The smallest absolute Gasteiger partial charge is 0.414 e. The van der Waals surface area contributed by atoms with E-state index in [4.69, 9.17) is 19.8 Å². The summed E-state index contributed by atoms with van der Waals surface area (Å²) in [4.78, 5) is 32.8. The van der Waals surface area contributed by atoms with Crippen LogP contribution in [-0.4, -0.2) is 36.6 Å². The lowest BCUT2D eigenvalue weighted by molar-refractivity contribution is -0.384. The number of benzene rings is 2. The van der Waals surface area contributed by atoms with Gasteiger partial charge in [-0.15, -0.1) is 0 Å². The first-order valence-corrected chi connectivity index (χ1v) is 8.50. The van der Waals surface area contributed by atoms with Crippen molar-refractivity contribution in [1.29, 1.82) is 0 Å². The highest BCUT2D eigenvalue weighted by Gasteiger charge is 2.13. The van der Waals surface area contributed by atoms with Gasteiger partial charge in [-0.3, -0.25) is 10.1 Å². The Morgan fingerprint density at radius 3 is 2.42 bits per heavy atom. The molecule has 0 spiro atoms. The summed E-state index contributed by atoms with van der Waals surface area (Å²) in [7, 11) is 1.74. The Labute approximate surface area is 173 Å². The molecule has 0 aliphatic carbocycles. The first-order valence-electron chi connectivity index (χ1n) is 8.50. The summed E-state index contributed by atoms with van der Waals surface area (Å²) in [6, 6.07) is 9.59. The van der Waals surface area contributed by atoms with Crippen molar-refractivity contribution in [2.45, 2.75) is 6.54 Å². The molecule has 0 unspecified atom stereocenters. The van der Waals surface area contributed by atoms with Gasteiger partial charge in [0.25, 0.3) is 5.69 Å². The number of aromatic nitrogens is 2. The third-order valence-electron chi connectivity index (χ3n) is 3.98. The van der Waals surface area contributed by atoms with Crippen molar-refractivity contribution in [2.75, 3.05) is 5.32 Å². The molecule has 0 bridgehead atoms. The number of nitrogens with one attached hydrogen (secondary N) is 1. The molecule has 0 atom stereocenters. The second-order valence-electron chi connectivity index (χ2n) is 6.03. The van der Waals surface area contributed by atoms with E-state index in [2.05, 4.69) is 10.3 Å². The predicted molar refractivity (Wildman–Crippen MR) is 104 cm³/mol. The summed E-state index contributed by atoms with van der Waals surface area (Å²) in [5.74, 6) is -4.46. The second-order valence-corrected chi connectivity index (χ2v) is 6.03. The van der Waals surface area contributed by atoms with E-state index < -0.39 is 28.5 Å². The Morgan fingerprint density at radius 1 is 1.16 bits per heavy atom. The minimum absolute atomic E-state index is 0.0124. The van der Waals surface area contributed by atoms with Crippen LogP contribution in [-0.2, 0) is 23.2 Å². The lowest BCUT2D eigenvalue weighted by Crippen LogP contribution is -2.09. The summed E-state index contributed by atoms with van der Waals surface area (Å²) in [5.41, 5.74) is 1.61. The van der Waals surface area contributed by atoms with Crippen molar-refractivity contribution in [3.63, 3.8) is 0 Å². The highest BCUT2D eigenvalue weighted by atomic mass is 19.1. The molecule has 10 nitrogen and oxygen atoms in total. The molecule has 3 rings (SSSR count). The van der Waals surface area contributed by atoms with Gasteiger partial charge in [-0.05, 0) is 6.07 Å². The van der Waals surface area contributed by atoms with Crippen LogP contribution >= 0.6 is 0 Å². The molecule has 0 radical (unpaired) electrons. The summed E-state index contributed by atoms with van der Waals surface area (Å²) >= 11 is 0. The molecule has 12 heteroatoms. The van der Waals surface area contributed by atoms with Crippen LogP contribution < -0.4 is 5.32 Å². The van der Waals surface area contributed by atoms with Crippen molar-refractivity contribution in [2.24, 2.45) is 7.05 Å². The van der Waals surface area contributed by atoms with Gasteiger partial charge in [0.05, 0.1) is 16.8 Å². The zero-order valence-electron chi connectivity index (χ0n) is 16.0. The molecule has 2 aromatic carbocycles. The molecular weight excluding hydrogens is 418 g/mol. The predicted octanol–water partition coefficient (Wildman–Crippen LogP) is 3.04. The summed E-state index contributed by atoms with van der Waals surface area (Å²) < 4.78 is 28.3. The monoisotopic (exact) mass is 434 g/mol. The molecule has 3 aromatic rings. The lowest BCUT2D eigenvalue weighted by Gasteiger charge is -2.09. The van der Waals surface area contributed by atoms with Crippen LogP contribution in [0.3, 0.4) is 0 Å². The van der Waals surface area contributed by atoms with Gasteiger partial charge in [-0.1, -0.05) is 18.2 Å². The number of nitro groups is 1. The lowest BCUT2D eigenvalue weighted by atomic mass is 10.1. The van der Waals surface area contributed by atoms with E-state index in [1.54, 1.807) is 29.9 Å². The average Bonchev–Trinajstić information content (AvgIpc) is 3.08. The van der Waals surface area contributed by atoms with E-state index in [0.29, 0.717) is 22.8 Å². The zero-order valence-corrected chi connectivity index (χ0v) is 16.0. The average molecular weight is 434 g/mol. The van der Waals surface area contributed by atoms with E-state index >= 15 is 0 Å². The minimum atomic E-state index is -1.82. The number of imidazole rings is 1. The van der Waals surface area contributed by atoms with Crippen molar-refractivity contribution < 1.29 is 33.5 Å². The quantitative estimate of drug-likeness (QED) is 0.315. The molecule has 0 amide bonds. The fraction of sp³-hybridized carbons (Fsp3) is 0.105. The molecule has 1 heterocycles. The third-order valence-corrected chi connectivity index (χ3v) is 3.98. The van der Waals surface area contributed by atoms with Crippen LogP contribution in [0.25, 0.3) is 11.3 Å². The molecule has 31 heavy (non-hydrogen) atoms. The topological polar surface area (TPSA) is 148 Å². The number of nitro benzene ring substituents is 1. The van der Waals surface area contributed by atoms with Crippen LogP contribution in [0, 0.1) is 21.7 Å². The second kappa shape index (κ2) is 9.91. The van der Waals surface area contributed by atoms with E-state index in [1.165, 1.54) is 24.3 Å². The summed E-state index contributed by atoms with van der Waals surface area (Å²) in [6.07, 6.45) is 1.57. The molecular formula is C19H16F2N4O6. The maximum Gasteiger partial charge on any atom is 0.414 e. The fourth-order valence-electron chi connectivity index (χ4n) is 2.46. The van der Waals surface area contributed by atoms with E-state index in [1.807, 2.05) is 0 Å². The number of carbonyl (C=O) groups is 2. The summed E-state index contributed by atoms with van der Waals surface area (Å²) in [5, 5.41) is 28.7. The number of carboxylic acid groups (broad SMARTS) is 2. The van der Waals surface area contributed by atoms with Gasteiger partial charge in [-0.25, -0.2) is 23.4 Å². The molecule has 0 fully saturated rings. The van der Waals surface area contributed by atoms with Crippen LogP contribution in [0.4, 0.5) is 20.4 Å². The first-order chi connectivity index (χ1) is 14.6. The number of nitrogens with zero attached hydrogens (tertiary/aromatic N) is 3. The molecule has 162 valence electrons. The Bertz CT molecular complexity index is 1120.